The van der Waals surface area contributed by atoms with E-state index in [-0.39, 0.29) is 114 Å². The second-order valence-electron chi connectivity index (χ2n) is 21.5. The number of carbonyl (C=O) groups is 10. The van der Waals surface area contributed by atoms with Crippen molar-refractivity contribution in [3.8, 4) is 0 Å². The van der Waals surface area contributed by atoms with Crippen molar-refractivity contribution in [3.63, 3.8) is 0 Å². The maximum atomic E-state index is 12.7. The quantitative estimate of drug-likeness (QED) is 0.0138. The number of β-amino-alcohol motifs (C(OH)–C–C–N with tert-alkyl or cyclic N) is 2. The van der Waals surface area contributed by atoms with Gasteiger partial charge in [-0.25, -0.2) is 42.5 Å². The van der Waals surface area contributed by atoms with Gasteiger partial charge < -0.3 is 73.4 Å². The van der Waals surface area contributed by atoms with Crippen LogP contribution in [-0.4, -0.2) is 258 Å². The van der Waals surface area contributed by atoms with Crippen molar-refractivity contribution < 1.29 is 116 Å². The molecule has 38 heteroatoms. The first kappa shape index (κ1) is 90.9. The van der Waals surface area contributed by atoms with E-state index in [2.05, 4.69) is 20.8 Å². The largest absolute Gasteiger partial charge is 0.469 e. The van der Waals surface area contributed by atoms with Gasteiger partial charge >= 0.3 is 70.9 Å². The molecular weight excluding hydrogens is 1430 g/mol. The molecule has 6 atom stereocenters. The number of imide groups is 1. The summed E-state index contributed by atoms with van der Waals surface area (Å²) in [5.41, 5.74) is -3.60. The van der Waals surface area contributed by atoms with Crippen molar-refractivity contribution in [2.45, 2.75) is 154 Å². The molecule has 0 radical (unpaired) electrons. The van der Waals surface area contributed by atoms with Crippen molar-refractivity contribution in [2.75, 3.05) is 102 Å². The van der Waals surface area contributed by atoms with Crippen LogP contribution in [0.15, 0.2) is 51.3 Å². The number of rotatable bonds is 46. The fourth-order valence-corrected chi connectivity index (χ4v) is 13.3. The Morgan fingerprint density at radius 1 is 0.434 bits per heavy atom. The topological polar surface area (TPSA) is 438 Å². The molecule has 6 N–H and O–H groups in total. The number of ether oxygens (including phenoxy) is 8. The van der Waals surface area contributed by atoms with Crippen molar-refractivity contribution in [1.82, 2.24) is 23.5 Å². The van der Waals surface area contributed by atoms with E-state index in [1.807, 2.05) is 0 Å². The molecule has 0 aliphatic carbocycles. The number of hydrogen-bond acceptors (Lipinski definition) is 33. The molecule has 99 heavy (non-hydrogen) atoms. The number of benzene rings is 1. The molecular formula is C61H93N5O27S6. The zero-order valence-corrected chi connectivity index (χ0v) is 61.6. The average Bonchev–Trinajstić information content (AvgIpc) is 1.62. The minimum atomic E-state index is -1.38. The van der Waals surface area contributed by atoms with E-state index in [9.17, 15) is 93.0 Å². The summed E-state index contributed by atoms with van der Waals surface area (Å²) in [5, 5.41) is 59.4. The van der Waals surface area contributed by atoms with E-state index >= 15 is 0 Å². The van der Waals surface area contributed by atoms with Crippen molar-refractivity contribution in [2.24, 2.45) is 0 Å². The van der Waals surface area contributed by atoms with Crippen LogP contribution in [0.3, 0.4) is 0 Å². The molecule has 1 aromatic heterocycles. The maximum Gasteiger partial charge on any atom is 0.338 e. The summed E-state index contributed by atoms with van der Waals surface area (Å²) >= 11 is 0. The minimum absolute atomic E-state index is 0.0640. The molecule has 3 rings (SSSR count). The highest BCUT2D eigenvalue weighted by molar-refractivity contribution is 8.77. The van der Waals surface area contributed by atoms with Gasteiger partial charge in [0.15, 0.2) is 0 Å². The lowest BCUT2D eigenvalue weighted by molar-refractivity contribution is -0.147. The number of methoxy groups -OCH3 is 3. The Bertz CT molecular complexity index is 3060. The summed E-state index contributed by atoms with van der Waals surface area (Å²) in [7, 11) is 12.5. The zero-order chi connectivity index (χ0) is 74.6. The molecule has 3 amide bonds. The average molecular weight is 1520 g/mol. The van der Waals surface area contributed by atoms with E-state index in [1.165, 1.54) is 121 Å². The van der Waals surface area contributed by atoms with Crippen LogP contribution in [0, 0.1) is 0 Å². The van der Waals surface area contributed by atoms with E-state index < -0.39 is 114 Å². The Hall–Kier alpha value is -6.07. The van der Waals surface area contributed by atoms with Gasteiger partial charge in [0.2, 0.25) is 0 Å². The SMILES string of the molecule is C=CCn1c(=O)n(CC(O)CC)c(=O)n(CC(O)COC(=O)CCSSCCC(=O)OC)c1=O.CCC(O)CN1C(=O)N(CC(O)COC(=O)CCSSCCC(=O)OC)C(C)(C)C1=O.CCC(O)COC(=O)c1ccc(C(=O)OCC(O)COC(=O)CCSSCCC(=O)OC)cc1. The second-order valence-corrected chi connectivity index (χ2v) is 29.6. The molecule has 0 saturated carbocycles. The number of esters is 8. The van der Waals surface area contributed by atoms with Crippen LogP contribution in [0.5, 0.6) is 0 Å². The van der Waals surface area contributed by atoms with Gasteiger partial charge in [-0.1, -0.05) is 91.6 Å². The van der Waals surface area contributed by atoms with Crippen LogP contribution < -0.4 is 17.1 Å². The highest BCUT2D eigenvalue weighted by Gasteiger charge is 2.52. The van der Waals surface area contributed by atoms with Gasteiger partial charge in [-0.15, -0.1) is 6.58 Å². The van der Waals surface area contributed by atoms with Crippen LogP contribution in [0.4, 0.5) is 4.79 Å². The number of allylic oxidation sites excluding steroid dienone is 1. The predicted molar refractivity (Wildman–Crippen MR) is 373 cm³/mol. The van der Waals surface area contributed by atoms with Crippen LogP contribution in [0.2, 0.25) is 0 Å². The Kier molecular flexibility index (Phi) is 47.0. The Morgan fingerprint density at radius 2 is 0.737 bits per heavy atom. The Morgan fingerprint density at radius 3 is 1.09 bits per heavy atom. The van der Waals surface area contributed by atoms with E-state index in [1.54, 1.807) is 34.6 Å². The van der Waals surface area contributed by atoms with Gasteiger partial charge in [0, 0.05) is 34.5 Å². The van der Waals surface area contributed by atoms with Crippen LogP contribution in [-0.2, 0) is 91.1 Å². The molecule has 32 nitrogen and oxygen atoms in total. The van der Waals surface area contributed by atoms with E-state index in [4.69, 9.17) is 23.7 Å². The molecule has 0 spiro atoms. The van der Waals surface area contributed by atoms with Gasteiger partial charge in [-0.2, -0.15) is 0 Å². The van der Waals surface area contributed by atoms with Gasteiger partial charge in [-0.05, 0) is 57.4 Å². The highest BCUT2D eigenvalue weighted by atomic mass is 33.1. The first-order chi connectivity index (χ1) is 47.0. The fraction of sp³-hybridized carbons (Fsp3) is 0.656. The molecule has 2 aromatic rings. The van der Waals surface area contributed by atoms with E-state index in [0.717, 1.165) is 14.0 Å². The van der Waals surface area contributed by atoms with Crippen molar-refractivity contribution in [3.05, 3.63) is 79.5 Å². The molecule has 1 fully saturated rings. The van der Waals surface area contributed by atoms with Crippen molar-refractivity contribution >= 4 is 124 Å². The van der Waals surface area contributed by atoms with Crippen LogP contribution in [0.25, 0.3) is 0 Å². The number of carbonyl (C=O) groups excluding carboxylic acids is 10. The number of aliphatic hydroxyl groups excluding tert-OH is 6. The Labute approximate surface area is 596 Å². The monoisotopic (exact) mass is 1520 g/mol. The van der Waals surface area contributed by atoms with Gasteiger partial charge in [-0.3, -0.25) is 38.5 Å². The molecule has 1 aromatic carbocycles. The molecule has 1 aliphatic rings. The van der Waals surface area contributed by atoms with Crippen LogP contribution in [0.1, 0.15) is 113 Å². The molecule has 6 unspecified atom stereocenters. The van der Waals surface area contributed by atoms with E-state index in [0.29, 0.717) is 64.8 Å². The first-order valence-electron chi connectivity index (χ1n) is 31.1. The van der Waals surface area contributed by atoms with Gasteiger partial charge in [0.25, 0.3) is 5.91 Å². The molecule has 1 saturated heterocycles. The summed E-state index contributed by atoms with van der Waals surface area (Å²) < 4.78 is 40.7. The highest BCUT2D eigenvalue weighted by Crippen LogP contribution is 2.29. The molecule has 0 bridgehead atoms. The first-order valence-corrected chi connectivity index (χ1v) is 38.5. The molecule has 560 valence electrons. The number of hydrogen-bond donors (Lipinski definition) is 6. The number of amides is 3. The Balaban J connectivity index is 0.000000744. The second kappa shape index (κ2) is 51.1. The lowest BCUT2D eigenvalue weighted by atomic mass is 10.0. The van der Waals surface area contributed by atoms with Crippen molar-refractivity contribution in [1.29, 1.82) is 0 Å². The lowest BCUT2D eigenvalue weighted by Crippen LogP contribution is -2.56. The number of nitrogens with zero attached hydrogens (tertiary/aromatic N) is 5. The fourth-order valence-electron chi connectivity index (χ4n) is 7.48. The summed E-state index contributed by atoms with van der Waals surface area (Å²) in [6.45, 7) is 8.97. The number of urea groups is 1. The third-order valence-electron chi connectivity index (χ3n) is 13.3. The third-order valence-corrected chi connectivity index (χ3v) is 20.6. The third kappa shape index (κ3) is 36.4. The summed E-state index contributed by atoms with van der Waals surface area (Å²) in [6.07, 6.45) is -2.59. The minimum Gasteiger partial charge on any atom is -0.469 e. The summed E-state index contributed by atoms with van der Waals surface area (Å²) in [4.78, 5) is 158. The number of aliphatic hydroxyl groups is 6. The zero-order valence-electron chi connectivity index (χ0n) is 56.7. The standard InChI is InChI=1S/C22H30O10S2.C20H31N3O9S2.C19H32N2O8S2/c1-3-17(23)12-31-21(27)15-4-6-16(7-5-15)22(28)32-14-18(24)13-30-20(26)9-11-34-33-10-8-19(25)29-2;1-4-8-21-18(28)22(11-14(24)5-2)20(30)23(19(21)29)12-15(25)13-32-17(27)7-10-34-33-9-6-16(26)31-3;1-5-13(22)10-20-17(26)19(2,3)21(18(20)27)11-14(23)12-29-16(25)7-9-31-30-8-6-15(24)28-4/h4-7,17-18,23-24H,3,8-14H2,1-2H3;4,14-15,24-25H,1,5-13H2,2-3H3;13-14,22-23H,5-12H2,1-4H3. The smallest absolute Gasteiger partial charge is 0.338 e. The van der Waals surface area contributed by atoms with Crippen LogP contribution >= 0.6 is 64.8 Å². The summed E-state index contributed by atoms with van der Waals surface area (Å²) in [5.74, 6) is -1.14. The van der Waals surface area contributed by atoms with Gasteiger partial charge in [0.05, 0.1) is 122 Å². The molecule has 1 aliphatic heterocycles. The molecule has 2 heterocycles. The number of aromatic nitrogens is 3. The predicted octanol–water partition coefficient (Wildman–Crippen LogP) is 2.42. The van der Waals surface area contributed by atoms with Gasteiger partial charge in [0.1, 0.15) is 56.9 Å². The normalized spacial score (nSPS) is 14.1. The lowest BCUT2D eigenvalue weighted by Gasteiger charge is -2.29. The summed E-state index contributed by atoms with van der Waals surface area (Å²) in [6, 6.07) is 4.95. The maximum absolute atomic E-state index is 12.7.